The van der Waals surface area contributed by atoms with Crippen molar-refractivity contribution >= 4 is 5.78 Å². The molecule has 0 aromatic heterocycles. The van der Waals surface area contributed by atoms with Crippen LogP contribution in [0.3, 0.4) is 0 Å². The molecule has 66 valence electrons. The van der Waals surface area contributed by atoms with Crippen molar-refractivity contribution in [3.05, 3.63) is 34.6 Å². The van der Waals surface area contributed by atoms with Gasteiger partial charge in [0.05, 0.1) is 11.6 Å². The Kier molecular flexibility index (Phi) is 2.43. The van der Waals surface area contributed by atoms with Crippen LogP contribution in [-0.2, 0) is 0 Å². The predicted octanol–water partition coefficient (Wildman–Crippen LogP) is 2.21. The van der Waals surface area contributed by atoms with Crippen LogP contribution in [0.4, 0.5) is 4.39 Å². The summed E-state index contributed by atoms with van der Waals surface area (Å²) in [6, 6.07) is 4.33. The predicted molar refractivity (Wildman–Crippen MR) is 45.9 cm³/mol. The second kappa shape index (κ2) is 3.36. The molecule has 0 atom stereocenters. The number of Topliss-reactive ketones (excluding diaryl/α,β-unsaturated/α-hetero) is 1. The highest BCUT2D eigenvalue weighted by atomic mass is 19.1. The Morgan fingerprint density at radius 2 is 2.15 bits per heavy atom. The topological polar surface area (TPSA) is 40.9 Å². The van der Waals surface area contributed by atoms with Crippen LogP contribution in [0.5, 0.6) is 0 Å². The number of benzene rings is 1. The SMILES string of the molecule is CC(=O)c1cc(C#N)cc(F)c1C. The fourth-order valence-electron chi connectivity index (χ4n) is 1.11. The number of nitriles is 1. The van der Waals surface area contributed by atoms with Crippen molar-refractivity contribution in [3.63, 3.8) is 0 Å². The van der Waals surface area contributed by atoms with Gasteiger partial charge in [-0.2, -0.15) is 5.26 Å². The van der Waals surface area contributed by atoms with Gasteiger partial charge in [-0.15, -0.1) is 0 Å². The van der Waals surface area contributed by atoms with Gasteiger partial charge in [0, 0.05) is 5.56 Å². The van der Waals surface area contributed by atoms with Crippen LogP contribution in [-0.4, -0.2) is 5.78 Å². The van der Waals surface area contributed by atoms with E-state index in [1.807, 2.05) is 0 Å². The van der Waals surface area contributed by atoms with Gasteiger partial charge in [0.1, 0.15) is 5.82 Å². The lowest BCUT2D eigenvalue weighted by Crippen LogP contribution is -1.99. The number of ketones is 1. The molecule has 0 saturated heterocycles. The van der Waals surface area contributed by atoms with E-state index in [2.05, 4.69) is 0 Å². The second-order valence-electron chi connectivity index (χ2n) is 2.80. The monoisotopic (exact) mass is 177 g/mol. The van der Waals surface area contributed by atoms with Crippen LogP contribution >= 0.6 is 0 Å². The number of halogens is 1. The van der Waals surface area contributed by atoms with Crippen LogP contribution in [0, 0.1) is 24.1 Å². The first-order valence-corrected chi connectivity index (χ1v) is 3.77. The van der Waals surface area contributed by atoms with Crippen molar-refractivity contribution in [3.8, 4) is 6.07 Å². The molecule has 0 saturated carbocycles. The molecule has 1 rings (SSSR count). The van der Waals surface area contributed by atoms with E-state index in [0.717, 1.165) is 6.07 Å². The summed E-state index contributed by atoms with van der Waals surface area (Å²) in [5.41, 5.74) is 0.747. The summed E-state index contributed by atoms with van der Waals surface area (Å²) in [4.78, 5) is 11.0. The second-order valence-corrected chi connectivity index (χ2v) is 2.80. The highest BCUT2D eigenvalue weighted by molar-refractivity contribution is 5.95. The number of nitrogens with zero attached hydrogens (tertiary/aromatic N) is 1. The molecule has 0 unspecified atom stereocenters. The zero-order chi connectivity index (χ0) is 10.0. The summed E-state index contributed by atoms with van der Waals surface area (Å²) in [7, 11) is 0. The average Bonchev–Trinajstić information content (AvgIpc) is 2.09. The molecule has 0 heterocycles. The van der Waals surface area contributed by atoms with Gasteiger partial charge in [0.25, 0.3) is 0 Å². The third-order valence-corrected chi connectivity index (χ3v) is 1.85. The van der Waals surface area contributed by atoms with E-state index in [9.17, 15) is 9.18 Å². The Morgan fingerprint density at radius 1 is 1.54 bits per heavy atom. The van der Waals surface area contributed by atoms with Gasteiger partial charge >= 0.3 is 0 Å². The molecule has 0 spiro atoms. The van der Waals surface area contributed by atoms with Crippen molar-refractivity contribution in [2.75, 3.05) is 0 Å². The third-order valence-electron chi connectivity index (χ3n) is 1.85. The van der Waals surface area contributed by atoms with E-state index < -0.39 is 5.82 Å². The summed E-state index contributed by atoms with van der Waals surface area (Å²) in [6.07, 6.45) is 0. The quantitative estimate of drug-likeness (QED) is 0.617. The maximum atomic E-state index is 13.1. The summed E-state index contributed by atoms with van der Waals surface area (Å²) < 4.78 is 13.1. The van der Waals surface area contributed by atoms with Crippen molar-refractivity contribution < 1.29 is 9.18 Å². The third kappa shape index (κ3) is 1.73. The van der Waals surface area contributed by atoms with Gasteiger partial charge in [0.2, 0.25) is 0 Å². The molecule has 2 nitrogen and oxygen atoms in total. The molecular weight excluding hydrogens is 169 g/mol. The molecular formula is C10H8FNO. The van der Waals surface area contributed by atoms with E-state index in [0.29, 0.717) is 5.56 Å². The van der Waals surface area contributed by atoms with E-state index in [-0.39, 0.29) is 16.9 Å². The first-order valence-electron chi connectivity index (χ1n) is 3.77. The van der Waals surface area contributed by atoms with Gasteiger partial charge < -0.3 is 0 Å². The lowest BCUT2D eigenvalue weighted by Gasteiger charge is -2.02. The fraction of sp³-hybridized carbons (Fsp3) is 0.200. The standard InChI is InChI=1S/C10H8FNO/c1-6-9(7(2)13)3-8(5-12)4-10(6)11/h3-4H,1-2H3. The summed E-state index contributed by atoms with van der Waals surface area (Å²) in [6.45, 7) is 2.87. The smallest absolute Gasteiger partial charge is 0.160 e. The van der Waals surface area contributed by atoms with Crippen LogP contribution in [0.15, 0.2) is 12.1 Å². The van der Waals surface area contributed by atoms with Gasteiger partial charge in [-0.1, -0.05) is 0 Å². The number of hydrogen-bond donors (Lipinski definition) is 0. The Labute approximate surface area is 75.6 Å². The zero-order valence-corrected chi connectivity index (χ0v) is 7.39. The largest absolute Gasteiger partial charge is 0.294 e. The maximum Gasteiger partial charge on any atom is 0.160 e. The first-order chi connectivity index (χ1) is 6.06. The molecule has 0 aliphatic heterocycles. The number of hydrogen-bond acceptors (Lipinski definition) is 2. The van der Waals surface area contributed by atoms with E-state index in [1.165, 1.54) is 19.9 Å². The average molecular weight is 177 g/mol. The van der Waals surface area contributed by atoms with Gasteiger partial charge in [-0.25, -0.2) is 4.39 Å². The van der Waals surface area contributed by atoms with Crippen molar-refractivity contribution in [1.29, 1.82) is 5.26 Å². The molecule has 0 N–H and O–H groups in total. The number of carbonyl (C=O) groups excluding carboxylic acids is 1. The zero-order valence-electron chi connectivity index (χ0n) is 7.39. The highest BCUT2D eigenvalue weighted by Gasteiger charge is 2.09. The van der Waals surface area contributed by atoms with Gasteiger partial charge in [-0.3, -0.25) is 4.79 Å². The molecule has 0 radical (unpaired) electrons. The van der Waals surface area contributed by atoms with E-state index >= 15 is 0 Å². The Hall–Kier alpha value is -1.69. The minimum absolute atomic E-state index is 0.174. The minimum atomic E-state index is -0.510. The number of rotatable bonds is 1. The van der Waals surface area contributed by atoms with Crippen LogP contribution in [0.2, 0.25) is 0 Å². The molecule has 0 fully saturated rings. The lowest BCUT2D eigenvalue weighted by atomic mass is 10.0. The molecule has 0 aliphatic carbocycles. The fourth-order valence-corrected chi connectivity index (χ4v) is 1.11. The van der Waals surface area contributed by atoms with Gasteiger partial charge in [-0.05, 0) is 31.5 Å². The number of carbonyl (C=O) groups is 1. The Balaban J connectivity index is 3.44. The van der Waals surface area contributed by atoms with Crippen LogP contribution < -0.4 is 0 Å². The highest BCUT2D eigenvalue weighted by Crippen LogP contribution is 2.15. The molecule has 0 amide bonds. The van der Waals surface area contributed by atoms with Gasteiger partial charge in [0.15, 0.2) is 5.78 Å². The molecule has 0 bridgehead atoms. The summed E-state index contributed by atoms with van der Waals surface area (Å²) in [5.74, 6) is -0.738. The van der Waals surface area contributed by atoms with E-state index in [4.69, 9.17) is 5.26 Å². The normalized spacial score (nSPS) is 9.38. The van der Waals surface area contributed by atoms with E-state index in [1.54, 1.807) is 6.07 Å². The molecule has 3 heteroatoms. The van der Waals surface area contributed by atoms with Crippen molar-refractivity contribution in [1.82, 2.24) is 0 Å². The van der Waals surface area contributed by atoms with Crippen LogP contribution in [0.1, 0.15) is 28.4 Å². The maximum absolute atomic E-state index is 13.1. The first kappa shape index (κ1) is 9.40. The molecule has 1 aromatic rings. The van der Waals surface area contributed by atoms with Crippen molar-refractivity contribution in [2.24, 2.45) is 0 Å². The van der Waals surface area contributed by atoms with Crippen molar-refractivity contribution in [2.45, 2.75) is 13.8 Å². The lowest BCUT2D eigenvalue weighted by molar-refractivity contribution is 0.101. The van der Waals surface area contributed by atoms with Crippen LogP contribution in [0.25, 0.3) is 0 Å². The molecule has 1 aromatic carbocycles. The molecule has 13 heavy (non-hydrogen) atoms. The summed E-state index contributed by atoms with van der Waals surface area (Å²) >= 11 is 0. The Morgan fingerprint density at radius 3 is 2.62 bits per heavy atom. The Bertz CT molecular complexity index is 404. The summed E-state index contributed by atoms with van der Waals surface area (Å²) in [5, 5.41) is 8.53. The minimum Gasteiger partial charge on any atom is -0.294 e. The molecule has 0 aliphatic rings.